The predicted molar refractivity (Wildman–Crippen MR) is 88.2 cm³/mol. The maximum atomic E-state index is 13.8. The van der Waals surface area contributed by atoms with E-state index in [4.69, 9.17) is 23.2 Å². The van der Waals surface area contributed by atoms with E-state index in [2.05, 4.69) is 20.9 Å². The highest BCUT2D eigenvalue weighted by Gasteiger charge is 2.15. The highest BCUT2D eigenvalue weighted by Crippen LogP contribution is 2.29. The van der Waals surface area contributed by atoms with Gasteiger partial charge in [0.1, 0.15) is 11.6 Å². The molecule has 0 aliphatic carbocycles. The molecule has 108 valence electrons. The fourth-order valence-corrected chi connectivity index (χ4v) is 2.96. The van der Waals surface area contributed by atoms with Gasteiger partial charge in [-0.25, -0.2) is 9.37 Å². The van der Waals surface area contributed by atoms with Crippen molar-refractivity contribution in [1.82, 2.24) is 9.55 Å². The Kier molecular flexibility index (Phi) is 4.20. The van der Waals surface area contributed by atoms with Gasteiger partial charge in [0.25, 0.3) is 0 Å². The van der Waals surface area contributed by atoms with Crippen LogP contribution in [-0.2, 0) is 6.42 Å². The summed E-state index contributed by atoms with van der Waals surface area (Å²) in [6.45, 7) is 0. The quantitative estimate of drug-likeness (QED) is 0.553. The number of fused-ring (bicyclic) bond motifs is 1. The van der Waals surface area contributed by atoms with Gasteiger partial charge in [0.15, 0.2) is 0 Å². The number of aromatic nitrogens is 2. The molecule has 0 amide bonds. The van der Waals surface area contributed by atoms with E-state index in [1.54, 1.807) is 12.1 Å². The van der Waals surface area contributed by atoms with Crippen LogP contribution in [0.15, 0.2) is 40.9 Å². The van der Waals surface area contributed by atoms with Crippen LogP contribution in [0, 0.1) is 5.82 Å². The van der Waals surface area contributed by atoms with E-state index < -0.39 is 0 Å². The Morgan fingerprint density at radius 2 is 2.05 bits per heavy atom. The molecule has 1 aromatic heterocycles. The number of nitrogens with zero attached hydrogens (tertiary/aromatic N) is 2. The number of rotatable bonds is 3. The summed E-state index contributed by atoms with van der Waals surface area (Å²) in [6.07, 6.45) is 0.574. The molecule has 3 aromatic rings. The summed E-state index contributed by atoms with van der Waals surface area (Å²) in [5, 5.41) is 0.573. The zero-order valence-electron chi connectivity index (χ0n) is 10.8. The monoisotopic (exact) mass is 386 g/mol. The summed E-state index contributed by atoms with van der Waals surface area (Å²) in [4.78, 5) is 4.55. The Morgan fingerprint density at radius 1 is 1.24 bits per heavy atom. The molecule has 0 unspecified atom stereocenters. The van der Waals surface area contributed by atoms with E-state index in [1.807, 2.05) is 22.8 Å². The number of halogens is 4. The van der Waals surface area contributed by atoms with Crippen molar-refractivity contribution in [2.75, 3.05) is 5.88 Å². The molecule has 0 radical (unpaired) electrons. The number of hydrogen-bond donors (Lipinski definition) is 0. The van der Waals surface area contributed by atoms with Crippen LogP contribution in [0.3, 0.4) is 0 Å². The summed E-state index contributed by atoms with van der Waals surface area (Å²) >= 11 is 15.3. The third-order valence-electron chi connectivity index (χ3n) is 3.18. The summed E-state index contributed by atoms with van der Waals surface area (Å²) < 4.78 is 16.1. The van der Waals surface area contributed by atoms with Crippen molar-refractivity contribution in [2.45, 2.75) is 6.42 Å². The maximum Gasteiger partial charge on any atom is 0.139 e. The average molecular weight is 388 g/mol. The second kappa shape index (κ2) is 5.95. The lowest BCUT2D eigenvalue weighted by Crippen LogP contribution is -2.03. The van der Waals surface area contributed by atoms with Crippen molar-refractivity contribution in [3.63, 3.8) is 0 Å². The van der Waals surface area contributed by atoms with E-state index in [0.29, 0.717) is 27.5 Å². The molecule has 21 heavy (non-hydrogen) atoms. The second-order valence-electron chi connectivity index (χ2n) is 4.51. The van der Waals surface area contributed by atoms with Crippen LogP contribution in [0.25, 0.3) is 16.7 Å². The Hall–Kier alpha value is -1.10. The third-order valence-corrected chi connectivity index (χ3v) is 4.31. The van der Waals surface area contributed by atoms with Crippen LogP contribution in [0.2, 0.25) is 5.02 Å². The second-order valence-corrected chi connectivity index (χ2v) is 6.15. The van der Waals surface area contributed by atoms with Crippen molar-refractivity contribution < 1.29 is 4.39 Å². The summed E-state index contributed by atoms with van der Waals surface area (Å²) in [5.74, 6) is 0.855. The fourth-order valence-electron chi connectivity index (χ4n) is 2.29. The number of aryl methyl sites for hydroxylation is 1. The smallest absolute Gasteiger partial charge is 0.139 e. The molecule has 0 atom stereocenters. The van der Waals surface area contributed by atoms with Crippen molar-refractivity contribution >= 4 is 50.2 Å². The number of para-hydroxylation sites is 1. The molecule has 2 nitrogen and oxygen atoms in total. The molecular weight excluding hydrogens is 378 g/mol. The molecule has 0 aliphatic rings. The molecule has 0 fully saturated rings. The number of imidazole rings is 1. The SMILES string of the molecule is Fc1cc(-n2c(CCCl)nc3cccc(Cl)c32)ccc1Br. The Morgan fingerprint density at radius 3 is 2.76 bits per heavy atom. The van der Waals surface area contributed by atoms with Crippen molar-refractivity contribution in [3.8, 4) is 5.69 Å². The third kappa shape index (κ3) is 2.68. The molecule has 6 heteroatoms. The van der Waals surface area contributed by atoms with Gasteiger partial charge in [-0.1, -0.05) is 17.7 Å². The zero-order chi connectivity index (χ0) is 15.0. The molecule has 0 saturated heterocycles. The molecule has 1 heterocycles. The van der Waals surface area contributed by atoms with Crippen LogP contribution in [0.5, 0.6) is 0 Å². The van der Waals surface area contributed by atoms with Gasteiger partial charge in [0.2, 0.25) is 0 Å². The summed E-state index contributed by atoms with van der Waals surface area (Å²) in [7, 11) is 0. The van der Waals surface area contributed by atoms with Gasteiger partial charge in [0.05, 0.1) is 26.2 Å². The van der Waals surface area contributed by atoms with E-state index in [9.17, 15) is 4.39 Å². The molecule has 0 aliphatic heterocycles. The molecule has 0 spiro atoms. The fraction of sp³-hybridized carbons (Fsp3) is 0.133. The van der Waals surface area contributed by atoms with Gasteiger partial charge in [-0.3, -0.25) is 4.57 Å². The first kappa shape index (κ1) is 14.8. The standard InChI is InChI=1S/C15H10BrCl2FN2/c16-10-5-4-9(8-12(10)19)21-14(6-7-17)20-13-3-1-2-11(18)15(13)21/h1-5,8H,6-7H2. The predicted octanol–water partition coefficient (Wildman–Crippen LogP) is 5.36. The van der Waals surface area contributed by atoms with Crippen LogP contribution in [0.4, 0.5) is 4.39 Å². The van der Waals surface area contributed by atoms with Gasteiger partial charge >= 0.3 is 0 Å². The van der Waals surface area contributed by atoms with Gasteiger partial charge in [0, 0.05) is 12.3 Å². The van der Waals surface area contributed by atoms with Crippen LogP contribution < -0.4 is 0 Å². The highest BCUT2D eigenvalue weighted by molar-refractivity contribution is 9.10. The summed E-state index contributed by atoms with van der Waals surface area (Å²) in [6, 6.07) is 10.4. The lowest BCUT2D eigenvalue weighted by molar-refractivity contribution is 0.619. The summed E-state index contributed by atoms with van der Waals surface area (Å²) in [5.41, 5.74) is 2.21. The molecular formula is C15H10BrCl2FN2. The molecule has 0 bridgehead atoms. The lowest BCUT2D eigenvalue weighted by Gasteiger charge is -2.10. The van der Waals surface area contributed by atoms with E-state index >= 15 is 0 Å². The Bertz CT molecular complexity index is 817. The number of alkyl halides is 1. The molecule has 2 aromatic carbocycles. The van der Waals surface area contributed by atoms with Crippen molar-refractivity contribution in [3.05, 3.63) is 57.5 Å². The van der Waals surface area contributed by atoms with E-state index in [0.717, 1.165) is 16.9 Å². The minimum Gasteiger partial charge on any atom is -0.295 e. The maximum absolute atomic E-state index is 13.8. The van der Waals surface area contributed by atoms with Crippen LogP contribution >= 0.6 is 39.1 Å². The van der Waals surface area contributed by atoms with Gasteiger partial charge < -0.3 is 0 Å². The number of benzene rings is 2. The molecule has 0 N–H and O–H groups in total. The highest BCUT2D eigenvalue weighted by atomic mass is 79.9. The lowest BCUT2D eigenvalue weighted by atomic mass is 10.2. The molecule has 0 saturated carbocycles. The van der Waals surface area contributed by atoms with Gasteiger partial charge in [-0.15, -0.1) is 11.6 Å². The first-order valence-corrected chi connectivity index (χ1v) is 7.99. The van der Waals surface area contributed by atoms with Gasteiger partial charge in [-0.05, 0) is 46.3 Å². The molecule has 3 rings (SSSR count). The minimum absolute atomic E-state index is 0.335. The Labute approximate surface area is 139 Å². The van der Waals surface area contributed by atoms with Gasteiger partial charge in [-0.2, -0.15) is 0 Å². The first-order chi connectivity index (χ1) is 10.1. The van der Waals surface area contributed by atoms with Crippen LogP contribution in [-0.4, -0.2) is 15.4 Å². The average Bonchev–Trinajstić information content (AvgIpc) is 2.82. The zero-order valence-corrected chi connectivity index (χ0v) is 13.9. The normalized spacial score (nSPS) is 11.2. The topological polar surface area (TPSA) is 17.8 Å². The first-order valence-electron chi connectivity index (χ1n) is 6.29. The van der Waals surface area contributed by atoms with Crippen LogP contribution in [0.1, 0.15) is 5.82 Å². The van der Waals surface area contributed by atoms with Crippen molar-refractivity contribution in [1.29, 1.82) is 0 Å². The van der Waals surface area contributed by atoms with E-state index in [1.165, 1.54) is 6.07 Å². The Balaban J connectivity index is 2.32. The minimum atomic E-state index is -0.335. The van der Waals surface area contributed by atoms with E-state index in [-0.39, 0.29) is 5.82 Å². The largest absolute Gasteiger partial charge is 0.295 e. The number of hydrogen-bond acceptors (Lipinski definition) is 1. The van der Waals surface area contributed by atoms with Crippen molar-refractivity contribution in [2.24, 2.45) is 0 Å².